The average Bonchev–Trinajstić information content (AvgIpc) is 3.99. The second-order valence-corrected chi connectivity index (χ2v) is 16.8. The summed E-state index contributed by atoms with van der Waals surface area (Å²) in [4.78, 5) is 0. The van der Waals surface area contributed by atoms with Crippen LogP contribution in [0.1, 0.15) is 0 Å². The van der Waals surface area contributed by atoms with Gasteiger partial charge in [0.25, 0.3) is 0 Å². The van der Waals surface area contributed by atoms with Crippen LogP contribution >= 0.6 is 0 Å². The van der Waals surface area contributed by atoms with E-state index in [0.717, 1.165) is 5.69 Å². The molecule has 0 radical (unpaired) electrons. The summed E-state index contributed by atoms with van der Waals surface area (Å²) in [5, 5.41) is 12.8. The number of rotatable bonds is 4. The highest BCUT2D eigenvalue weighted by molar-refractivity contribution is 6.32. The Morgan fingerprint density at radius 2 is 0.758 bits per heavy atom. The fraction of sp³-hybridized carbons (Fsp3) is 0. The number of para-hydroxylation sites is 2. The van der Waals surface area contributed by atoms with Gasteiger partial charge in [-0.15, -0.1) is 0 Å². The fourth-order valence-corrected chi connectivity index (χ4v) is 11.0. The third-order valence-electron chi connectivity index (χ3n) is 13.6. The van der Waals surface area contributed by atoms with E-state index in [0.29, 0.717) is 0 Å². The molecule has 1 aliphatic carbocycles. The van der Waals surface area contributed by atoms with E-state index >= 15 is 0 Å². The van der Waals surface area contributed by atoms with Gasteiger partial charge in [-0.25, -0.2) is 0 Å². The molecule has 0 saturated carbocycles. The lowest BCUT2D eigenvalue weighted by atomic mass is 9.94. The van der Waals surface area contributed by atoms with Gasteiger partial charge < -0.3 is 9.13 Å². The minimum absolute atomic E-state index is 1.15. The van der Waals surface area contributed by atoms with Gasteiger partial charge in [0.15, 0.2) is 0 Å². The molecule has 2 nitrogen and oxygen atoms in total. The van der Waals surface area contributed by atoms with E-state index in [1.165, 1.54) is 126 Å². The Bertz CT molecular complexity index is 4000. The quantitative estimate of drug-likeness (QED) is 0.157. The summed E-state index contributed by atoms with van der Waals surface area (Å²) >= 11 is 0. The third-order valence-corrected chi connectivity index (χ3v) is 13.6. The monoisotopic (exact) mass is 784 g/mol. The number of fused-ring (bicyclic) bond motifs is 14. The van der Waals surface area contributed by atoms with Crippen molar-refractivity contribution in [2.45, 2.75) is 0 Å². The summed E-state index contributed by atoms with van der Waals surface area (Å²) in [5.41, 5.74) is 17.3. The Labute approximate surface area is 357 Å². The molecule has 11 aromatic carbocycles. The van der Waals surface area contributed by atoms with Gasteiger partial charge >= 0.3 is 0 Å². The van der Waals surface area contributed by atoms with Gasteiger partial charge in [0, 0.05) is 38.3 Å². The van der Waals surface area contributed by atoms with Crippen molar-refractivity contribution in [1.82, 2.24) is 9.13 Å². The van der Waals surface area contributed by atoms with Crippen LogP contribution in [0.15, 0.2) is 218 Å². The van der Waals surface area contributed by atoms with E-state index in [1.807, 2.05) is 0 Å². The van der Waals surface area contributed by atoms with Crippen LogP contribution in [0, 0.1) is 0 Å². The van der Waals surface area contributed by atoms with E-state index < -0.39 is 0 Å². The van der Waals surface area contributed by atoms with Gasteiger partial charge in [-0.2, -0.15) is 0 Å². The van der Waals surface area contributed by atoms with Crippen LogP contribution in [0.2, 0.25) is 0 Å². The number of hydrogen-bond donors (Lipinski definition) is 0. The first kappa shape index (κ1) is 33.6. The second-order valence-electron chi connectivity index (χ2n) is 16.8. The van der Waals surface area contributed by atoms with Crippen LogP contribution in [0.5, 0.6) is 0 Å². The molecule has 0 saturated heterocycles. The number of aromatic nitrogens is 2. The highest BCUT2D eigenvalue weighted by Gasteiger charge is 2.24. The molecule has 14 rings (SSSR count). The minimum Gasteiger partial charge on any atom is -0.309 e. The van der Waals surface area contributed by atoms with E-state index in [4.69, 9.17) is 0 Å². The summed E-state index contributed by atoms with van der Waals surface area (Å²) < 4.78 is 4.92. The van der Waals surface area contributed by atoms with Crippen molar-refractivity contribution >= 4 is 75.9 Å². The van der Waals surface area contributed by atoms with Crippen molar-refractivity contribution < 1.29 is 0 Å². The lowest BCUT2D eigenvalue weighted by Crippen LogP contribution is -1.96. The van der Waals surface area contributed by atoms with Gasteiger partial charge in [0.2, 0.25) is 0 Å². The van der Waals surface area contributed by atoms with Crippen molar-refractivity contribution in [3.63, 3.8) is 0 Å². The highest BCUT2D eigenvalue weighted by atomic mass is 15.0. The fourth-order valence-electron chi connectivity index (χ4n) is 11.0. The maximum Gasteiger partial charge on any atom is 0.0625 e. The highest BCUT2D eigenvalue weighted by Crippen LogP contribution is 2.50. The Morgan fingerprint density at radius 3 is 1.55 bits per heavy atom. The van der Waals surface area contributed by atoms with Crippen LogP contribution in [0.4, 0.5) is 0 Å². The van der Waals surface area contributed by atoms with Crippen molar-refractivity contribution in [3.05, 3.63) is 218 Å². The van der Waals surface area contributed by atoms with Crippen LogP contribution in [-0.4, -0.2) is 9.13 Å². The SMILES string of the molecule is c1ccc(-n2c3ccccc3c3cc(-c4ccc5c(c4)c4c6ccccc6c6ccccc6c4n5-c4cccc(-c5ccc6c7c(cccc57)-c5ccccc5-6)c4)ccc32)cc1. The minimum atomic E-state index is 1.15. The van der Waals surface area contributed by atoms with Crippen molar-refractivity contribution in [3.8, 4) is 55.9 Å². The molecule has 2 heteroatoms. The molecule has 2 aromatic heterocycles. The van der Waals surface area contributed by atoms with Gasteiger partial charge in [-0.05, 0) is 126 Å². The molecular weight excluding hydrogens is 749 g/mol. The van der Waals surface area contributed by atoms with Crippen LogP contribution in [-0.2, 0) is 0 Å². The van der Waals surface area contributed by atoms with Gasteiger partial charge in [-0.3, -0.25) is 0 Å². The van der Waals surface area contributed by atoms with Crippen LogP contribution in [0.25, 0.3) is 132 Å². The smallest absolute Gasteiger partial charge is 0.0625 e. The largest absolute Gasteiger partial charge is 0.309 e. The van der Waals surface area contributed by atoms with Gasteiger partial charge in [-0.1, -0.05) is 164 Å². The second kappa shape index (κ2) is 12.7. The Kier molecular flexibility index (Phi) is 6.86. The number of hydrogen-bond acceptors (Lipinski definition) is 0. The lowest BCUT2D eigenvalue weighted by molar-refractivity contribution is 1.18. The summed E-state index contributed by atoms with van der Waals surface area (Å²) in [6, 6.07) is 81.0. The van der Waals surface area contributed by atoms with Crippen LogP contribution in [0.3, 0.4) is 0 Å². The van der Waals surface area contributed by atoms with Crippen molar-refractivity contribution in [2.24, 2.45) is 0 Å². The van der Waals surface area contributed by atoms with E-state index in [9.17, 15) is 0 Å². The van der Waals surface area contributed by atoms with Crippen molar-refractivity contribution in [1.29, 1.82) is 0 Å². The molecule has 0 atom stereocenters. The van der Waals surface area contributed by atoms with Gasteiger partial charge in [0.05, 0.1) is 22.1 Å². The van der Waals surface area contributed by atoms with E-state index in [2.05, 4.69) is 228 Å². The molecule has 0 amide bonds. The Hall–Kier alpha value is -8.20. The Morgan fingerprint density at radius 1 is 0.226 bits per heavy atom. The zero-order valence-corrected chi connectivity index (χ0v) is 33.7. The first-order valence-electron chi connectivity index (χ1n) is 21.5. The molecule has 13 aromatic rings. The summed E-state index contributed by atoms with van der Waals surface area (Å²) in [5.74, 6) is 0. The molecule has 2 heterocycles. The predicted octanol–water partition coefficient (Wildman–Crippen LogP) is 16.3. The third kappa shape index (κ3) is 4.58. The molecule has 0 spiro atoms. The maximum absolute atomic E-state index is 2.53. The van der Waals surface area contributed by atoms with E-state index in [-0.39, 0.29) is 0 Å². The van der Waals surface area contributed by atoms with Gasteiger partial charge in [0.1, 0.15) is 0 Å². The first-order chi connectivity index (χ1) is 30.8. The Balaban J connectivity index is 1.02. The summed E-state index contributed by atoms with van der Waals surface area (Å²) in [7, 11) is 0. The summed E-state index contributed by atoms with van der Waals surface area (Å²) in [6.07, 6.45) is 0. The van der Waals surface area contributed by atoms with Crippen molar-refractivity contribution in [2.75, 3.05) is 0 Å². The molecule has 0 bridgehead atoms. The average molecular weight is 785 g/mol. The molecule has 286 valence electrons. The standard InChI is InChI=1S/C60H36N2/c1-2-15-40(16-3-1)61-55-27-11-10-22-47(55)53-35-37(28-32-56(53)61)38-29-33-57-54(36-38)59-50-23-8-6-20-45(50)46-21-7-9-24-52(46)60(59)62(57)41-17-12-14-39(34-41)42-30-31-51-44-19-5-4-18-43(44)49-26-13-25-48(42)58(49)51/h1-36H. The molecule has 1 aliphatic rings. The zero-order chi connectivity index (χ0) is 40.5. The molecule has 0 fully saturated rings. The zero-order valence-electron chi connectivity index (χ0n) is 33.7. The molecule has 62 heavy (non-hydrogen) atoms. The lowest BCUT2D eigenvalue weighted by Gasteiger charge is -2.14. The molecular formula is C60H36N2. The molecule has 0 N–H and O–H groups in total. The predicted molar refractivity (Wildman–Crippen MR) is 263 cm³/mol. The van der Waals surface area contributed by atoms with E-state index in [1.54, 1.807) is 0 Å². The normalized spacial score (nSPS) is 12.2. The first-order valence-corrected chi connectivity index (χ1v) is 21.5. The molecule has 0 aliphatic heterocycles. The maximum atomic E-state index is 2.53. The topological polar surface area (TPSA) is 9.86 Å². The van der Waals surface area contributed by atoms with Crippen LogP contribution < -0.4 is 0 Å². The molecule has 0 unspecified atom stereocenters. The number of nitrogens with zero attached hydrogens (tertiary/aromatic N) is 2. The summed E-state index contributed by atoms with van der Waals surface area (Å²) in [6.45, 7) is 0. The number of benzene rings is 11.